The Hall–Kier alpha value is -2.21. The Morgan fingerprint density at radius 3 is 2.79 bits per heavy atom. The lowest BCUT2D eigenvalue weighted by Crippen LogP contribution is -2.40. The van der Waals surface area contributed by atoms with Gasteiger partial charge in [-0.2, -0.15) is 0 Å². The van der Waals surface area contributed by atoms with E-state index in [9.17, 15) is 9.90 Å². The van der Waals surface area contributed by atoms with Crippen LogP contribution in [-0.4, -0.2) is 16.3 Å². The third-order valence-electron chi connectivity index (χ3n) is 2.70. The Morgan fingerprint density at radius 1 is 1.42 bits per heavy atom. The van der Waals surface area contributed by atoms with Crippen LogP contribution in [-0.2, 0) is 24.4 Å². The number of nitrogens with one attached hydrogen (secondary N) is 1. The molecule has 0 saturated heterocycles. The lowest BCUT2D eigenvalue weighted by Gasteiger charge is -1.96. The monoisotopic (exact) mass is 262 g/mol. The van der Waals surface area contributed by atoms with Crippen LogP contribution in [0.15, 0.2) is 34.9 Å². The number of carbonyl (C=O) groups excluding carboxylic acids is 1. The van der Waals surface area contributed by atoms with E-state index in [-0.39, 0.29) is 18.4 Å². The second kappa shape index (κ2) is 6.10. The number of nitrogens with zero attached hydrogens (tertiary/aromatic N) is 2. The van der Waals surface area contributed by atoms with Crippen LogP contribution in [0.1, 0.15) is 18.2 Å². The standard InChI is InChI=1S/C13H15N3O3/c1-10(18)14-13-12(9-17)16(15-19-13)8-7-11-5-3-2-4-6-11/h2-6,17H,7-9H2,1H3/p+1. The highest BCUT2D eigenvalue weighted by atomic mass is 16.5. The summed E-state index contributed by atoms with van der Waals surface area (Å²) >= 11 is 0. The summed E-state index contributed by atoms with van der Waals surface area (Å²) in [6.45, 7) is 1.70. The molecule has 0 atom stereocenters. The highest BCUT2D eigenvalue weighted by molar-refractivity contribution is 5.87. The van der Waals surface area contributed by atoms with Crippen LogP contribution >= 0.6 is 0 Å². The van der Waals surface area contributed by atoms with Crippen molar-refractivity contribution in [1.29, 1.82) is 0 Å². The predicted molar refractivity (Wildman–Crippen MR) is 67.1 cm³/mol. The van der Waals surface area contributed by atoms with E-state index in [4.69, 9.17) is 4.52 Å². The number of aryl methyl sites for hydroxylation is 2. The molecule has 1 aromatic heterocycles. The second-order valence-electron chi connectivity index (χ2n) is 4.15. The molecule has 2 rings (SSSR count). The quantitative estimate of drug-likeness (QED) is 0.776. The first kappa shape index (κ1) is 13.2. The number of hydrogen-bond donors (Lipinski definition) is 2. The number of benzene rings is 1. The molecule has 0 aliphatic heterocycles. The van der Waals surface area contributed by atoms with Gasteiger partial charge in [0, 0.05) is 13.3 Å². The van der Waals surface area contributed by atoms with Gasteiger partial charge in [-0.05, 0) is 10.2 Å². The minimum absolute atomic E-state index is 0.197. The first-order chi connectivity index (χ1) is 9.20. The van der Waals surface area contributed by atoms with Gasteiger partial charge in [0.25, 0.3) is 5.69 Å². The second-order valence-corrected chi connectivity index (χ2v) is 4.15. The number of carbonyl (C=O) groups is 1. The molecular weight excluding hydrogens is 246 g/mol. The Morgan fingerprint density at radius 2 is 2.16 bits per heavy atom. The SMILES string of the molecule is CC(=O)Nc1on[n+](CCc2ccccc2)c1CO. The minimum atomic E-state index is -0.263. The molecule has 0 aliphatic rings. The van der Waals surface area contributed by atoms with E-state index in [2.05, 4.69) is 10.6 Å². The topological polar surface area (TPSA) is 79.2 Å². The van der Waals surface area contributed by atoms with Crippen molar-refractivity contribution >= 4 is 11.8 Å². The van der Waals surface area contributed by atoms with Gasteiger partial charge in [0.2, 0.25) is 11.2 Å². The maximum absolute atomic E-state index is 11.0. The molecule has 100 valence electrons. The van der Waals surface area contributed by atoms with Crippen LogP contribution in [0.4, 0.5) is 5.88 Å². The van der Waals surface area contributed by atoms with E-state index in [1.54, 1.807) is 4.68 Å². The Kier molecular flexibility index (Phi) is 4.25. The van der Waals surface area contributed by atoms with Crippen molar-refractivity contribution in [3.05, 3.63) is 41.6 Å². The molecule has 2 N–H and O–H groups in total. The highest BCUT2D eigenvalue weighted by Crippen LogP contribution is 2.10. The number of aliphatic hydroxyl groups is 1. The third-order valence-corrected chi connectivity index (χ3v) is 2.70. The first-order valence-corrected chi connectivity index (χ1v) is 6.01. The normalized spacial score (nSPS) is 10.4. The summed E-state index contributed by atoms with van der Waals surface area (Å²) in [7, 11) is 0. The zero-order valence-corrected chi connectivity index (χ0v) is 10.7. The zero-order chi connectivity index (χ0) is 13.7. The van der Waals surface area contributed by atoms with Gasteiger partial charge in [0.05, 0.1) is 0 Å². The molecule has 0 fully saturated rings. The van der Waals surface area contributed by atoms with Crippen molar-refractivity contribution < 1.29 is 19.1 Å². The van der Waals surface area contributed by atoms with Crippen LogP contribution in [0.25, 0.3) is 0 Å². The summed E-state index contributed by atoms with van der Waals surface area (Å²) in [6, 6.07) is 9.94. The lowest BCUT2D eigenvalue weighted by molar-refractivity contribution is -0.769. The molecule has 0 unspecified atom stereocenters. The molecular formula is C13H16N3O3+. The van der Waals surface area contributed by atoms with E-state index in [0.29, 0.717) is 12.2 Å². The summed E-state index contributed by atoms with van der Waals surface area (Å²) in [5, 5.41) is 15.6. The maximum Gasteiger partial charge on any atom is 0.308 e. The molecule has 1 amide bonds. The average Bonchev–Trinajstić information content (AvgIpc) is 2.78. The van der Waals surface area contributed by atoms with E-state index >= 15 is 0 Å². The zero-order valence-electron chi connectivity index (χ0n) is 10.7. The summed E-state index contributed by atoms with van der Waals surface area (Å²) in [6.07, 6.45) is 0.768. The molecule has 19 heavy (non-hydrogen) atoms. The predicted octanol–water partition coefficient (Wildman–Crippen LogP) is 0.655. The van der Waals surface area contributed by atoms with E-state index < -0.39 is 0 Å². The maximum atomic E-state index is 11.0. The van der Waals surface area contributed by atoms with E-state index in [1.165, 1.54) is 12.5 Å². The van der Waals surface area contributed by atoms with Gasteiger partial charge in [-0.1, -0.05) is 30.3 Å². The summed E-state index contributed by atoms with van der Waals surface area (Å²) in [4.78, 5) is 11.0. The molecule has 0 radical (unpaired) electrons. The van der Waals surface area contributed by atoms with Crippen molar-refractivity contribution in [1.82, 2.24) is 5.27 Å². The molecule has 6 heteroatoms. The van der Waals surface area contributed by atoms with Crippen molar-refractivity contribution in [3.8, 4) is 0 Å². The number of aliphatic hydroxyl groups excluding tert-OH is 1. The van der Waals surface area contributed by atoms with Crippen LogP contribution in [0, 0.1) is 0 Å². The molecule has 0 aliphatic carbocycles. The van der Waals surface area contributed by atoms with Crippen molar-refractivity contribution in [3.63, 3.8) is 0 Å². The number of aromatic nitrogens is 2. The highest BCUT2D eigenvalue weighted by Gasteiger charge is 2.24. The number of anilines is 1. The molecule has 1 aromatic carbocycles. The van der Waals surface area contributed by atoms with Gasteiger partial charge < -0.3 is 5.11 Å². The first-order valence-electron chi connectivity index (χ1n) is 6.01. The van der Waals surface area contributed by atoms with Gasteiger partial charge in [0.15, 0.2) is 6.54 Å². The average molecular weight is 262 g/mol. The minimum Gasteiger partial charge on any atom is -0.385 e. The van der Waals surface area contributed by atoms with Crippen LogP contribution < -0.4 is 10.00 Å². The van der Waals surface area contributed by atoms with Crippen LogP contribution in [0.2, 0.25) is 0 Å². The molecule has 0 bridgehead atoms. The van der Waals surface area contributed by atoms with Crippen molar-refractivity contribution in [2.24, 2.45) is 0 Å². The fraction of sp³-hybridized carbons (Fsp3) is 0.308. The van der Waals surface area contributed by atoms with Gasteiger partial charge in [-0.15, -0.1) is 0 Å². The van der Waals surface area contributed by atoms with E-state index in [0.717, 1.165) is 6.42 Å². The summed E-state index contributed by atoms with van der Waals surface area (Å²) in [5.74, 6) is -0.0656. The van der Waals surface area contributed by atoms with Crippen molar-refractivity contribution in [2.45, 2.75) is 26.5 Å². The number of hydrogen-bond acceptors (Lipinski definition) is 4. The fourth-order valence-corrected chi connectivity index (χ4v) is 1.77. The summed E-state index contributed by atoms with van der Waals surface area (Å²) in [5.41, 5.74) is 1.63. The molecule has 6 nitrogen and oxygen atoms in total. The molecule has 0 saturated carbocycles. The molecule has 2 aromatic rings. The summed E-state index contributed by atoms with van der Waals surface area (Å²) < 4.78 is 6.56. The Balaban J connectivity index is 2.08. The van der Waals surface area contributed by atoms with Gasteiger partial charge in [0.1, 0.15) is 6.61 Å². The Bertz CT molecular complexity index is 552. The smallest absolute Gasteiger partial charge is 0.308 e. The third kappa shape index (κ3) is 3.38. The van der Waals surface area contributed by atoms with Crippen LogP contribution in [0.5, 0.6) is 0 Å². The fourth-order valence-electron chi connectivity index (χ4n) is 1.77. The van der Waals surface area contributed by atoms with Gasteiger partial charge in [-0.3, -0.25) is 14.6 Å². The van der Waals surface area contributed by atoms with Crippen molar-refractivity contribution in [2.75, 3.05) is 5.32 Å². The number of amides is 1. The van der Waals surface area contributed by atoms with Gasteiger partial charge >= 0.3 is 5.88 Å². The molecule has 1 heterocycles. The lowest BCUT2D eigenvalue weighted by atomic mass is 10.1. The van der Waals surface area contributed by atoms with Crippen LogP contribution in [0.3, 0.4) is 0 Å². The number of rotatable bonds is 5. The van der Waals surface area contributed by atoms with Gasteiger partial charge in [-0.25, -0.2) is 0 Å². The van der Waals surface area contributed by atoms with E-state index in [1.807, 2.05) is 30.3 Å². The Labute approximate surface area is 110 Å². The molecule has 0 spiro atoms. The largest absolute Gasteiger partial charge is 0.385 e.